The van der Waals surface area contributed by atoms with Crippen molar-refractivity contribution < 1.29 is 4.79 Å². The SMILES string of the molecule is O=C(Nc1ccc(Nc2ncccn2)cc1)c1cc(-c2ccccn2)n[nH]1. The molecular formula is C19H15N7O. The second-order valence-electron chi connectivity index (χ2n) is 5.61. The lowest BCUT2D eigenvalue weighted by molar-refractivity contribution is 0.102. The number of anilines is 3. The fourth-order valence-corrected chi connectivity index (χ4v) is 2.41. The highest BCUT2D eigenvalue weighted by atomic mass is 16.1. The van der Waals surface area contributed by atoms with Gasteiger partial charge in [-0.1, -0.05) is 6.07 Å². The molecule has 1 aromatic carbocycles. The Hall–Kier alpha value is -4.07. The van der Waals surface area contributed by atoms with Gasteiger partial charge in [0.25, 0.3) is 5.91 Å². The predicted octanol–water partition coefficient (Wildman–Crippen LogP) is 3.26. The summed E-state index contributed by atoms with van der Waals surface area (Å²) < 4.78 is 0. The minimum absolute atomic E-state index is 0.281. The fourth-order valence-electron chi connectivity index (χ4n) is 2.41. The van der Waals surface area contributed by atoms with Gasteiger partial charge in [0.1, 0.15) is 11.4 Å². The van der Waals surface area contributed by atoms with Gasteiger partial charge in [0.05, 0.1) is 5.69 Å². The van der Waals surface area contributed by atoms with Crippen LogP contribution in [0.1, 0.15) is 10.5 Å². The molecule has 8 heteroatoms. The number of H-pyrrole nitrogens is 1. The molecule has 3 N–H and O–H groups in total. The van der Waals surface area contributed by atoms with Crippen LogP contribution in [-0.2, 0) is 0 Å². The molecule has 0 atom stereocenters. The number of nitrogens with zero attached hydrogens (tertiary/aromatic N) is 4. The average molecular weight is 357 g/mol. The minimum Gasteiger partial charge on any atom is -0.324 e. The van der Waals surface area contributed by atoms with E-state index in [1.807, 2.05) is 30.3 Å². The van der Waals surface area contributed by atoms with Crippen molar-refractivity contribution in [3.63, 3.8) is 0 Å². The molecule has 0 unspecified atom stereocenters. The number of nitrogens with one attached hydrogen (secondary N) is 3. The van der Waals surface area contributed by atoms with Crippen LogP contribution < -0.4 is 10.6 Å². The van der Waals surface area contributed by atoms with Gasteiger partial charge in [-0.15, -0.1) is 0 Å². The molecule has 0 saturated carbocycles. The van der Waals surface area contributed by atoms with Crippen molar-refractivity contribution in [3.8, 4) is 11.4 Å². The van der Waals surface area contributed by atoms with Gasteiger partial charge < -0.3 is 10.6 Å². The zero-order chi connectivity index (χ0) is 18.5. The Labute approximate surface area is 154 Å². The van der Waals surface area contributed by atoms with Crippen molar-refractivity contribution in [2.24, 2.45) is 0 Å². The third-order valence-corrected chi connectivity index (χ3v) is 3.71. The molecule has 3 aromatic heterocycles. The van der Waals surface area contributed by atoms with E-state index in [4.69, 9.17) is 0 Å². The monoisotopic (exact) mass is 357 g/mol. The van der Waals surface area contributed by atoms with Crippen molar-refractivity contribution in [1.82, 2.24) is 25.1 Å². The number of benzene rings is 1. The highest BCUT2D eigenvalue weighted by Crippen LogP contribution is 2.18. The Morgan fingerprint density at radius 1 is 0.815 bits per heavy atom. The molecule has 3 heterocycles. The number of carbonyl (C=O) groups is 1. The molecule has 27 heavy (non-hydrogen) atoms. The molecule has 0 saturated heterocycles. The second-order valence-corrected chi connectivity index (χ2v) is 5.61. The molecule has 0 spiro atoms. The molecule has 0 radical (unpaired) electrons. The van der Waals surface area contributed by atoms with E-state index in [0.717, 1.165) is 5.69 Å². The van der Waals surface area contributed by atoms with E-state index in [1.165, 1.54) is 0 Å². The summed E-state index contributed by atoms with van der Waals surface area (Å²) in [5.41, 5.74) is 3.15. The second kappa shape index (κ2) is 7.44. The van der Waals surface area contributed by atoms with Crippen LogP contribution in [0.25, 0.3) is 11.4 Å². The Morgan fingerprint density at radius 3 is 2.30 bits per heavy atom. The van der Waals surface area contributed by atoms with Gasteiger partial charge in [-0.25, -0.2) is 9.97 Å². The maximum absolute atomic E-state index is 12.4. The number of aromatic nitrogens is 5. The molecule has 1 amide bonds. The summed E-state index contributed by atoms with van der Waals surface area (Å²) in [5.74, 6) is 0.227. The van der Waals surface area contributed by atoms with Crippen LogP contribution >= 0.6 is 0 Å². The van der Waals surface area contributed by atoms with Crippen LogP contribution in [0.2, 0.25) is 0 Å². The van der Waals surface area contributed by atoms with Gasteiger partial charge in [0.15, 0.2) is 0 Å². The van der Waals surface area contributed by atoms with Crippen LogP contribution in [-0.4, -0.2) is 31.1 Å². The number of aromatic amines is 1. The highest BCUT2D eigenvalue weighted by Gasteiger charge is 2.12. The minimum atomic E-state index is -0.281. The summed E-state index contributed by atoms with van der Waals surface area (Å²) in [6, 6.07) is 16.2. The highest BCUT2D eigenvalue weighted by molar-refractivity contribution is 6.03. The first-order valence-electron chi connectivity index (χ1n) is 8.20. The zero-order valence-electron chi connectivity index (χ0n) is 14.1. The summed E-state index contributed by atoms with van der Waals surface area (Å²) in [6.45, 7) is 0. The Kier molecular flexibility index (Phi) is 4.52. The van der Waals surface area contributed by atoms with Crippen LogP contribution in [0.3, 0.4) is 0 Å². The first kappa shape index (κ1) is 16.4. The fraction of sp³-hybridized carbons (Fsp3) is 0. The van der Waals surface area contributed by atoms with E-state index in [-0.39, 0.29) is 5.91 Å². The van der Waals surface area contributed by atoms with Crippen LogP contribution in [0, 0.1) is 0 Å². The summed E-state index contributed by atoms with van der Waals surface area (Å²) in [6.07, 6.45) is 5.00. The lowest BCUT2D eigenvalue weighted by Crippen LogP contribution is -2.12. The van der Waals surface area contributed by atoms with Crippen molar-refractivity contribution in [3.05, 3.63) is 78.9 Å². The maximum Gasteiger partial charge on any atom is 0.273 e. The molecule has 4 rings (SSSR count). The summed E-state index contributed by atoms with van der Waals surface area (Å²) >= 11 is 0. The van der Waals surface area contributed by atoms with Crippen LogP contribution in [0.4, 0.5) is 17.3 Å². The van der Waals surface area contributed by atoms with E-state index in [9.17, 15) is 4.79 Å². The van der Waals surface area contributed by atoms with Gasteiger partial charge in [0, 0.05) is 30.0 Å². The number of pyridine rings is 1. The zero-order valence-corrected chi connectivity index (χ0v) is 14.1. The van der Waals surface area contributed by atoms with Gasteiger partial charge in [-0.2, -0.15) is 5.10 Å². The maximum atomic E-state index is 12.4. The number of carbonyl (C=O) groups excluding carboxylic acids is 1. The normalized spacial score (nSPS) is 10.4. The number of rotatable bonds is 5. The molecule has 0 aliphatic rings. The Morgan fingerprint density at radius 2 is 1.56 bits per heavy atom. The summed E-state index contributed by atoms with van der Waals surface area (Å²) in [5, 5.41) is 12.8. The van der Waals surface area contributed by atoms with Gasteiger partial charge in [-0.05, 0) is 48.5 Å². The van der Waals surface area contributed by atoms with Crippen molar-refractivity contribution >= 4 is 23.2 Å². The van der Waals surface area contributed by atoms with Gasteiger partial charge in [-0.3, -0.25) is 14.9 Å². The predicted molar refractivity (Wildman–Crippen MR) is 102 cm³/mol. The average Bonchev–Trinajstić information content (AvgIpc) is 3.21. The summed E-state index contributed by atoms with van der Waals surface area (Å²) in [7, 11) is 0. The van der Waals surface area contributed by atoms with Crippen molar-refractivity contribution in [1.29, 1.82) is 0 Å². The van der Waals surface area contributed by atoms with E-state index < -0.39 is 0 Å². The third kappa shape index (κ3) is 3.96. The Balaban J connectivity index is 1.42. The molecule has 4 aromatic rings. The van der Waals surface area contributed by atoms with Gasteiger partial charge in [0.2, 0.25) is 5.95 Å². The number of amides is 1. The molecule has 0 aliphatic heterocycles. The van der Waals surface area contributed by atoms with Crippen molar-refractivity contribution in [2.45, 2.75) is 0 Å². The molecule has 0 bridgehead atoms. The van der Waals surface area contributed by atoms with E-state index in [1.54, 1.807) is 42.9 Å². The van der Waals surface area contributed by atoms with E-state index >= 15 is 0 Å². The Bertz CT molecular complexity index is 1030. The quantitative estimate of drug-likeness (QED) is 0.506. The molecular weight excluding hydrogens is 342 g/mol. The van der Waals surface area contributed by atoms with E-state index in [0.29, 0.717) is 28.7 Å². The molecule has 0 fully saturated rings. The lowest BCUT2D eigenvalue weighted by Gasteiger charge is -2.06. The standard InChI is InChI=1S/C19H15N7O/c27-18(17-12-16(25-26-17)15-4-1-2-9-20-15)23-13-5-7-14(8-6-13)24-19-21-10-3-11-22-19/h1-12H,(H,23,27)(H,25,26)(H,21,22,24). The molecule has 8 nitrogen and oxygen atoms in total. The molecule has 0 aliphatic carbocycles. The third-order valence-electron chi connectivity index (χ3n) is 3.71. The van der Waals surface area contributed by atoms with Crippen LogP contribution in [0.15, 0.2) is 73.2 Å². The molecule has 132 valence electrons. The topological polar surface area (TPSA) is 108 Å². The first-order valence-corrected chi connectivity index (χ1v) is 8.20. The smallest absolute Gasteiger partial charge is 0.273 e. The summed E-state index contributed by atoms with van der Waals surface area (Å²) in [4.78, 5) is 24.8. The van der Waals surface area contributed by atoms with Crippen molar-refractivity contribution in [2.75, 3.05) is 10.6 Å². The van der Waals surface area contributed by atoms with E-state index in [2.05, 4.69) is 35.8 Å². The number of hydrogen-bond acceptors (Lipinski definition) is 6. The largest absolute Gasteiger partial charge is 0.324 e. The van der Waals surface area contributed by atoms with Crippen LogP contribution in [0.5, 0.6) is 0 Å². The number of hydrogen-bond donors (Lipinski definition) is 3. The van der Waals surface area contributed by atoms with Gasteiger partial charge >= 0.3 is 0 Å². The first-order chi connectivity index (χ1) is 13.3. The lowest BCUT2D eigenvalue weighted by atomic mass is 10.2.